The summed E-state index contributed by atoms with van der Waals surface area (Å²) in [5, 5.41) is 9.37. The molecule has 0 saturated carbocycles. The van der Waals surface area contributed by atoms with Crippen LogP contribution < -0.4 is 16.2 Å². The maximum absolute atomic E-state index is 13.6. The number of hydrogen-bond acceptors (Lipinski definition) is 5. The van der Waals surface area contributed by atoms with E-state index in [9.17, 15) is 14.7 Å². The van der Waals surface area contributed by atoms with Crippen LogP contribution in [0.3, 0.4) is 0 Å². The lowest BCUT2D eigenvalue weighted by Gasteiger charge is -2.30. The lowest BCUT2D eigenvalue weighted by Crippen LogP contribution is -2.41. The number of nitrogens with two attached hydrogens (primary N) is 1. The number of hydrogen-bond donors (Lipinski definition) is 2. The SMILES string of the molecule is Nc1nccc2c1n(-c1ccc(Oc3ccccc3)cc1)c(=O)n2CC1CCCN(C(=O)O)C1. The first kappa shape index (κ1) is 21.6. The van der Waals surface area contributed by atoms with Gasteiger partial charge in [-0.15, -0.1) is 0 Å². The Kier molecular flexibility index (Phi) is 5.67. The van der Waals surface area contributed by atoms with Gasteiger partial charge in [-0.3, -0.25) is 9.13 Å². The van der Waals surface area contributed by atoms with Gasteiger partial charge in [0.05, 0.1) is 11.2 Å². The van der Waals surface area contributed by atoms with Crippen molar-refractivity contribution in [3.63, 3.8) is 0 Å². The second kappa shape index (κ2) is 8.93. The van der Waals surface area contributed by atoms with Gasteiger partial charge in [0.1, 0.15) is 22.8 Å². The largest absolute Gasteiger partial charge is 0.465 e. The maximum atomic E-state index is 13.6. The Morgan fingerprint density at radius 1 is 1.09 bits per heavy atom. The predicted octanol–water partition coefficient (Wildman–Crippen LogP) is 3.95. The normalized spacial score (nSPS) is 16.0. The Balaban J connectivity index is 1.50. The van der Waals surface area contributed by atoms with E-state index in [2.05, 4.69) is 4.98 Å². The third-order valence-corrected chi connectivity index (χ3v) is 6.17. The van der Waals surface area contributed by atoms with Gasteiger partial charge in [0.2, 0.25) is 0 Å². The Bertz CT molecular complexity index is 1380. The van der Waals surface area contributed by atoms with Crippen LogP contribution in [0.4, 0.5) is 10.6 Å². The van der Waals surface area contributed by atoms with E-state index in [4.69, 9.17) is 10.5 Å². The first-order valence-electron chi connectivity index (χ1n) is 11.2. The van der Waals surface area contributed by atoms with Crippen LogP contribution in [0.2, 0.25) is 0 Å². The molecule has 4 aromatic rings. The Morgan fingerprint density at radius 2 is 1.82 bits per heavy atom. The fourth-order valence-corrected chi connectivity index (χ4v) is 4.58. The summed E-state index contributed by atoms with van der Waals surface area (Å²) in [5.41, 5.74) is 7.83. The fourth-order valence-electron chi connectivity index (χ4n) is 4.58. The Morgan fingerprint density at radius 3 is 2.56 bits per heavy atom. The minimum Gasteiger partial charge on any atom is -0.465 e. The molecule has 2 aromatic heterocycles. The zero-order valence-electron chi connectivity index (χ0n) is 18.5. The molecule has 0 radical (unpaired) electrons. The van der Waals surface area contributed by atoms with Crippen LogP contribution in [0.15, 0.2) is 71.7 Å². The van der Waals surface area contributed by atoms with Gasteiger partial charge in [-0.1, -0.05) is 18.2 Å². The molecular formula is C25H25N5O4. The molecule has 1 unspecified atom stereocenters. The van der Waals surface area contributed by atoms with Crippen LogP contribution >= 0.6 is 0 Å². The van der Waals surface area contributed by atoms with Crippen molar-refractivity contribution in [3.8, 4) is 17.2 Å². The number of nitrogens with zero attached hydrogens (tertiary/aromatic N) is 4. The van der Waals surface area contributed by atoms with Gasteiger partial charge in [-0.05, 0) is 61.2 Å². The molecule has 3 heterocycles. The molecule has 0 aliphatic carbocycles. The molecule has 1 amide bonds. The summed E-state index contributed by atoms with van der Waals surface area (Å²) in [7, 11) is 0. The molecule has 1 aliphatic heterocycles. The van der Waals surface area contributed by atoms with Gasteiger partial charge in [0, 0.05) is 25.8 Å². The van der Waals surface area contributed by atoms with Crippen molar-refractivity contribution in [2.75, 3.05) is 18.8 Å². The van der Waals surface area contributed by atoms with Gasteiger partial charge in [-0.25, -0.2) is 14.6 Å². The summed E-state index contributed by atoms with van der Waals surface area (Å²) in [5.74, 6) is 1.67. The van der Waals surface area contributed by atoms with E-state index < -0.39 is 6.09 Å². The second-order valence-electron chi connectivity index (χ2n) is 8.44. The fraction of sp³-hybridized carbons (Fsp3) is 0.240. The third-order valence-electron chi connectivity index (χ3n) is 6.17. The first-order valence-corrected chi connectivity index (χ1v) is 11.2. The van der Waals surface area contributed by atoms with Crippen molar-refractivity contribution >= 4 is 22.9 Å². The summed E-state index contributed by atoms with van der Waals surface area (Å²) in [6, 6.07) is 18.4. The maximum Gasteiger partial charge on any atom is 0.407 e. The Hall–Kier alpha value is -4.27. The highest BCUT2D eigenvalue weighted by molar-refractivity contribution is 5.87. The molecule has 0 spiro atoms. The number of imidazole rings is 1. The summed E-state index contributed by atoms with van der Waals surface area (Å²) >= 11 is 0. The molecule has 5 rings (SSSR count). The number of amides is 1. The van der Waals surface area contributed by atoms with Crippen molar-refractivity contribution in [1.29, 1.82) is 0 Å². The summed E-state index contributed by atoms with van der Waals surface area (Å²) in [6.07, 6.45) is 2.29. The molecule has 0 bridgehead atoms. The number of nitrogen functional groups attached to an aromatic ring is 1. The Labute approximate surface area is 195 Å². The van der Waals surface area contributed by atoms with Crippen LogP contribution in [-0.4, -0.2) is 43.3 Å². The van der Waals surface area contributed by atoms with Gasteiger partial charge in [0.15, 0.2) is 0 Å². The number of pyridine rings is 1. The lowest BCUT2D eigenvalue weighted by molar-refractivity contribution is 0.116. The molecular weight excluding hydrogens is 434 g/mol. The van der Waals surface area contributed by atoms with Crippen molar-refractivity contribution in [2.24, 2.45) is 5.92 Å². The topological polar surface area (TPSA) is 116 Å². The minimum absolute atomic E-state index is 0.0395. The van der Waals surface area contributed by atoms with E-state index in [0.29, 0.717) is 42.1 Å². The number of anilines is 1. The highest BCUT2D eigenvalue weighted by Gasteiger charge is 2.26. The number of ether oxygens (including phenoxy) is 1. The van der Waals surface area contributed by atoms with Gasteiger partial charge in [0.25, 0.3) is 0 Å². The number of fused-ring (bicyclic) bond motifs is 1. The highest BCUT2D eigenvalue weighted by Crippen LogP contribution is 2.27. The molecule has 1 fully saturated rings. The minimum atomic E-state index is -0.925. The molecule has 1 atom stereocenters. The number of aromatic nitrogens is 3. The van der Waals surface area contributed by atoms with E-state index in [1.165, 1.54) is 4.90 Å². The average molecular weight is 460 g/mol. The number of benzene rings is 2. The summed E-state index contributed by atoms with van der Waals surface area (Å²) in [6.45, 7) is 1.34. The van der Waals surface area contributed by atoms with E-state index >= 15 is 0 Å². The molecule has 9 nitrogen and oxygen atoms in total. The van der Waals surface area contributed by atoms with E-state index in [1.807, 2.05) is 42.5 Å². The van der Waals surface area contributed by atoms with E-state index in [1.54, 1.807) is 33.5 Å². The number of likely N-dealkylation sites (tertiary alicyclic amines) is 1. The predicted molar refractivity (Wildman–Crippen MR) is 129 cm³/mol. The van der Waals surface area contributed by atoms with E-state index in [-0.39, 0.29) is 17.4 Å². The zero-order chi connectivity index (χ0) is 23.7. The molecule has 34 heavy (non-hydrogen) atoms. The molecule has 1 saturated heterocycles. The molecule has 2 aromatic carbocycles. The second-order valence-corrected chi connectivity index (χ2v) is 8.44. The summed E-state index contributed by atoms with van der Waals surface area (Å²) < 4.78 is 9.10. The van der Waals surface area contributed by atoms with Crippen LogP contribution in [-0.2, 0) is 6.54 Å². The smallest absolute Gasteiger partial charge is 0.407 e. The van der Waals surface area contributed by atoms with E-state index in [0.717, 1.165) is 18.6 Å². The van der Waals surface area contributed by atoms with Gasteiger partial charge >= 0.3 is 11.8 Å². The standard InChI is InChI=1S/C25H25N5O4/c26-23-22-21(12-13-27-23)29(16-17-5-4-14-28(15-17)25(32)33)24(31)30(22)18-8-10-20(11-9-18)34-19-6-2-1-3-7-19/h1-3,6-13,17H,4-5,14-16H2,(H2,26,27)(H,32,33). The monoisotopic (exact) mass is 459 g/mol. The van der Waals surface area contributed by atoms with Crippen LogP contribution in [0, 0.1) is 5.92 Å². The average Bonchev–Trinajstić information content (AvgIpc) is 3.13. The van der Waals surface area contributed by atoms with Gasteiger partial charge in [-0.2, -0.15) is 0 Å². The quantitative estimate of drug-likeness (QED) is 0.467. The zero-order valence-corrected chi connectivity index (χ0v) is 18.5. The highest BCUT2D eigenvalue weighted by atomic mass is 16.5. The number of piperidine rings is 1. The number of carboxylic acid groups (broad SMARTS) is 1. The molecule has 9 heteroatoms. The first-order chi connectivity index (χ1) is 16.5. The van der Waals surface area contributed by atoms with Crippen molar-refractivity contribution in [3.05, 3.63) is 77.3 Å². The van der Waals surface area contributed by atoms with Gasteiger partial charge < -0.3 is 20.5 Å². The molecule has 3 N–H and O–H groups in total. The number of rotatable bonds is 5. The van der Waals surface area contributed by atoms with Crippen LogP contribution in [0.1, 0.15) is 12.8 Å². The lowest BCUT2D eigenvalue weighted by atomic mass is 9.98. The number of para-hydroxylation sites is 1. The third kappa shape index (κ3) is 4.07. The molecule has 1 aliphatic rings. The van der Waals surface area contributed by atoms with Crippen molar-refractivity contribution in [2.45, 2.75) is 19.4 Å². The molecule has 174 valence electrons. The number of carbonyl (C=O) groups is 1. The van der Waals surface area contributed by atoms with Crippen molar-refractivity contribution < 1.29 is 14.6 Å². The van der Waals surface area contributed by atoms with Crippen molar-refractivity contribution in [1.82, 2.24) is 19.0 Å². The van der Waals surface area contributed by atoms with Crippen LogP contribution in [0.5, 0.6) is 11.5 Å². The summed E-state index contributed by atoms with van der Waals surface area (Å²) in [4.78, 5) is 30.6. The van der Waals surface area contributed by atoms with Crippen LogP contribution in [0.25, 0.3) is 16.7 Å².